The first-order valence-electron chi connectivity index (χ1n) is 4.96. The minimum absolute atomic E-state index is 0.252. The lowest BCUT2D eigenvalue weighted by Gasteiger charge is -2.15. The molecular weight excluding hydrogens is 275 g/mol. The van der Waals surface area contributed by atoms with Gasteiger partial charge in [-0.1, -0.05) is 0 Å². The maximum Gasteiger partial charge on any atom is 0.433 e. The Morgan fingerprint density at radius 3 is 2.37 bits per heavy atom. The van der Waals surface area contributed by atoms with Crippen LogP contribution in [-0.2, 0) is 23.9 Å². The number of alkyl halides is 5. The highest BCUT2D eigenvalue weighted by Gasteiger charge is 2.38. The second-order valence-corrected chi connectivity index (χ2v) is 3.61. The number of aromatic nitrogens is 1. The van der Waals surface area contributed by atoms with Gasteiger partial charge >= 0.3 is 12.1 Å². The van der Waals surface area contributed by atoms with E-state index in [9.17, 15) is 26.7 Å². The number of rotatable bonds is 4. The zero-order chi connectivity index (χ0) is 14.8. The van der Waals surface area contributed by atoms with Gasteiger partial charge in [0.25, 0.3) is 6.43 Å². The van der Waals surface area contributed by atoms with Crippen molar-refractivity contribution < 1.29 is 31.9 Å². The molecule has 0 fully saturated rings. The van der Waals surface area contributed by atoms with Crippen molar-refractivity contribution in [2.75, 3.05) is 0 Å². The molecule has 0 aliphatic heterocycles. The fourth-order valence-corrected chi connectivity index (χ4v) is 1.50. The summed E-state index contributed by atoms with van der Waals surface area (Å²) in [6.45, 7) is -0.477. The number of aliphatic carboxylic acids is 1. The van der Waals surface area contributed by atoms with Gasteiger partial charge in [-0.15, -0.1) is 0 Å². The number of halogens is 5. The topological polar surface area (TPSA) is 76.2 Å². The number of hydrogen-bond donors (Lipinski definition) is 2. The summed E-state index contributed by atoms with van der Waals surface area (Å²) in [7, 11) is 0. The van der Waals surface area contributed by atoms with E-state index in [0.29, 0.717) is 6.07 Å². The minimum Gasteiger partial charge on any atom is -0.481 e. The summed E-state index contributed by atoms with van der Waals surface area (Å²) in [5.74, 6) is -1.38. The Kier molecular flexibility index (Phi) is 4.40. The summed E-state index contributed by atoms with van der Waals surface area (Å²) in [5, 5.41) is 8.57. The zero-order valence-corrected chi connectivity index (χ0v) is 9.34. The highest BCUT2D eigenvalue weighted by molar-refractivity contribution is 5.70. The normalized spacial score (nSPS) is 11.9. The van der Waals surface area contributed by atoms with Gasteiger partial charge in [0.15, 0.2) is 5.69 Å². The first-order chi connectivity index (χ1) is 8.66. The Labute approximate surface area is 104 Å². The molecule has 0 aliphatic carbocycles. The van der Waals surface area contributed by atoms with Crippen LogP contribution in [0.5, 0.6) is 0 Å². The third-order valence-electron chi connectivity index (χ3n) is 2.26. The highest BCUT2D eigenvalue weighted by Crippen LogP contribution is 2.36. The Bertz CT molecular complexity index is 488. The summed E-state index contributed by atoms with van der Waals surface area (Å²) in [4.78, 5) is 13.6. The van der Waals surface area contributed by atoms with Gasteiger partial charge in [-0.25, -0.2) is 13.8 Å². The summed E-state index contributed by atoms with van der Waals surface area (Å²) in [6, 6.07) is 0.497. The third kappa shape index (κ3) is 3.60. The summed E-state index contributed by atoms with van der Waals surface area (Å²) in [5.41, 5.74) is 1.46. The zero-order valence-electron chi connectivity index (χ0n) is 9.34. The molecule has 1 aromatic heterocycles. The number of carbonyl (C=O) groups is 1. The van der Waals surface area contributed by atoms with Crippen LogP contribution >= 0.6 is 0 Å². The van der Waals surface area contributed by atoms with Gasteiger partial charge in [-0.3, -0.25) is 4.79 Å². The summed E-state index contributed by atoms with van der Waals surface area (Å²) < 4.78 is 62.9. The summed E-state index contributed by atoms with van der Waals surface area (Å²) in [6.07, 6.45) is -9.20. The Morgan fingerprint density at radius 2 is 2.00 bits per heavy atom. The van der Waals surface area contributed by atoms with Gasteiger partial charge in [0.05, 0.1) is 12.1 Å². The molecule has 106 valence electrons. The van der Waals surface area contributed by atoms with Crippen molar-refractivity contribution in [3.8, 4) is 0 Å². The lowest BCUT2D eigenvalue weighted by molar-refractivity contribution is -0.143. The van der Waals surface area contributed by atoms with Crippen LogP contribution in [0.2, 0.25) is 0 Å². The molecule has 0 unspecified atom stereocenters. The summed E-state index contributed by atoms with van der Waals surface area (Å²) >= 11 is 0. The van der Waals surface area contributed by atoms with Crippen LogP contribution in [0.15, 0.2) is 6.07 Å². The number of pyridine rings is 1. The molecule has 19 heavy (non-hydrogen) atoms. The lowest BCUT2D eigenvalue weighted by Crippen LogP contribution is -2.18. The van der Waals surface area contributed by atoms with Gasteiger partial charge in [0.1, 0.15) is 0 Å². The number of carboxylic acid groups (broad SMARTS) is 1. The lowest BCUT2D eigenvalue weighted by atomic mass is 10.0. The molecule has 0 amide bonds. The molecule has 0 saturated heterocycles. The molecule has 0 aromatic carbocycles. The molecule has 9 heteroatoms. The predicted octanol–water partition coefficient (Wildman–Crippen LogP) is 2.12. The second-order valence-electron chi connectivity index (χ2n) is 3.61. The fourth-order valence-electron chi connectivity index (χ4n) is 1.50. The van der Waals surface area contributed by atoms with E-state index in [0.717, 1.165) is 0 Å². The maximum atomic E-state index is 12.6. The molecule has 1 heterocycles. The van der Waals surface area contributed by atoms with Gasteiger partial charge < -0.3 is 10.8 Å². The first kappa shape index (κ1) is 15.3. The standard InChI is InChI=1S/C10H9F5N2O2/c11-9(12)5-1-4(2-7(18)19)6(3-16)17-8(5)10(13,14)15/h1,9H,2-3,16H2,(H,18,19). The number of nitrogens with zero attached hydrogens (tertiary/aromatic N) is 1. The van der Waals surface area contributed by atoms with Crippen LogP contribution in [0, 0.1) is 0 Å². The van der Waals surface area contributed by atoms with Gasteiger partial charge in [0, 0.05) is 12.1 Å². The monoisotopic (exact) mass is 284 g/mol. The molecule has 0 atom stereocenters. The average Bonchev–Trinajstić information content (AvgIpc) is 2.26. The van der Waals surface area contributed by atoms with E-state index < -0.39 is 42.8 Å². The Balaban J connectivity index is 3.46. The van der Waals surface area contributed by atoms with Gasteiger partial charge in [-0.05, 0) is 11.6 Å². The third-order valence-corrected chi connectivity index (χ3v) is 2.26. The molecule has 0 saturated carbocycles. The van der Waals surface area contributed by atoms with E-state index in [1.807, 2.05) is 0 Å². The van der Waals surface area contributed by atoms with Crippen LogP contribution in [-0.4, -0.2) is 16.1 Å². The molecule has 0 radical (unpaired) electrons. The van der Waals surface area contributed by atoms with Gasteiger partial charge in [0.2, 0.25) is 0 Å². The van der Waals surface area contributed by atoms with Crippen LogP contribution in [0.1, 0.15) is 28.9 Å². The molecule has 0 spiro atoms. The van der Waals surface area contributed by atoms with E-state index in [1.54, 1.807) is 0 Å². The van der Waals surface area contributed by atoms with E-state index in [-0.39, 0.29) is 11.3 Å². The minimum atomic E-state index is -5.06. The van der Waals surface area contributed by atoms with Crippen LogP contribution < -0.4 is 5.73 Å². The molecule has 1 rings (SSSR count). The number of hydrogen-bond acceptors (Lipinski definition) is 3. The second kappa shape index (κ2) is 5.47. The van der Waals surface area contributed by atoms with Crippen molar-refractivity contribution in [1.82, 2.24) is 4.98 Å². The fraction of sp³-hybridized carbons (Fsp3) is 0.400. The van der Waals surface area contributed by atoms with E-state index in [4.69, 9.17) is 10.8 Å². The smallest absolute Gasteiger partial charge is 0.433 e. The predicted molar refractivity (Wildman–Crippen MR) is 53.4 cm³/mol. The van der Waals surface area contributed by atoms with Crippen LogP contribution in [0.3, 0.4) is 0 Å². The molecule has 4 nitrogen and oxygen atoms in total. The van der Waals surface area contributed by atoms with Gasteiger partial charge in [-0.2, -0.15) is 13.2 Å². The highest BCUT2D eigenvalue weighted by atomic mass is 19.4. The number of nitrogens with two attached hydrogens (primary N) is 1. The molecular formula is C10H9F5N2O2. The van der Waals surface area contributed by atoms with Crippen molar-refractivity contribution in [2.45, 2.75) is 25.6 Å². The van der Waals surface area contributed by atoms with Crippen molar-refractivity contribution in [2.24, 2.45) is 5.73 Å². The molecule has 0 aliphatic rings. The quantitative estimate of drug-likeness (QED) is 0.830. The largest absolute Gasteiger partial charge is 0.481 e. The Morgan fingerprint density at radius 1 is 1.42 bits per heavy atom. The molecule has 1 aromatic rings. The van der Waals surface area contributed by atoms with Crippen LogP contribution in [0.4, 0.5) is 22.0 Å². The Hall–Kier alpha value is -1.77. The molecule has 0 bridgehead atoms. The van der Waals surface area contributed by atoms with Crippen molar-refractivity contribution in [3.05, 3.63) is 28.6 Å². The van der Waals surface area contributed by atoms with E-state index in [2.05, 4.69) is 4.98 Å². The van der Waals surface area contributed by atoms with Crippen molar-refractivity contribution in [1.29, 1.82) is 0 Å². The average molecular weight is 284 g/mol. The van der Waals surface area contributed by atoms with Crippen molar-refractivity contribution in [3.63, 3.8) is 0 Å². The maximum absolute atomic E-state index is 12.6. The first-order valence-corrected chi connectivity index (χ1v) is 4.96. The van der Waals surface area contributed by atoms with E-state index in [1.165, 1.54) is 0 Å². The van der Waals surface area contributed by atoms with Crippen molar-refractivity contribution >= 4 is 5.97 Å². The van der Waals surface area contributed by atoms with E-state index >= 15 is 0 Å². The SMILES string of the molecule is NCc1nc(C(F)(F)F)c(C(F)F)cc1CC(=O)O. The molecule has 3 N–H and O–H groups in total. The van der Waals surface area contributed by atoms with Crippen LogP contribution in [0.25, 0.3) is 0 Å². The number of carboxylic acids is 1.